The first kappa shape index (κ1) is 10.0. The van der Waals surface area contributed by atoms with Crippen molar-refractivity contribution in [2.45, 2.75) is 45.1 Å². The van der Waals surface area contributed by atoms with Gasteiger partial charge in [-0.25, -0.2) is 0 Å². The van der Waals surface area contributed by atoms with E-state index in [0.717, 1.165) is 12.5 Å². The molecule has 0 aliphatic heterocycles. The van der Waals surface area contributed by atoms with E-state index in [1.807, 2.05) is 0 Å². The molecule has 1 aliphatic carbocycles. The minimum absolute atomic E-state index is 0.271. The van der Waals surface area contributed by atoms with Crippen LogP contribution >= 0.6 is 0 Å². The zero-order valence-electron chi connectivity index (χ0n) is 8.05. The third kappa shape index (κ3) is 2.76. The highest BCUT2D eigenvalue weighted by molar-refractivity contribution is 4.79. The van der Waals surface area contributed by atoms with Gasteiger partial charge in [0.15, 0.2) is 0 Å². The minimum atomic E-state index is 0.271. The lowest BCUT2D eigenvalue weighted by Gasteiger charge is -2.31. The van der Waals surface area contributed by atoms with Crippen LogP contribution in [0.2, 0.25) is 0 Å². The molecular formula is C10H21NO. The predicted molar refractivity (Wildman–Crippen MR) is 51.1 cm³/mol. The molecule has 12 heavy (non-hydrogen) atoms. The van der Waals surface area contributed by atoms with Crippen LogP contribution in [0, 0.1) is 5.92 Å². The van der Waals surface area contributed by atoms with Crippen molar-refractivity contribution in [2.75, 3.05) is 13.2 Å². The lowest BCUT2D eigenvalue weighted by molar-refractivity contribution is 0.227. The highest BCUT2D eigenvalue weighted by atomic mass is 16.3. The Kier molecular flexibility index (Phi) is 4.62. The summed E-state index contributed by atoms with van der Waals surface area (Å²) in [6.07, 6.45) is 6.72. The van der Waals surface area contributed by atoms with E-state index in [2.05, 4.69) is 12.2 Å². The van der Waals surface area contributed by atoms with E-state index in [4.69, 9.17) is 5.11 Å². The fourth-order valence-corrected chi connectivity index (χ4v) is 2.21. The highest BCUT2D eigenvalue weighted by Gasteiger charge is 2.22. The van der Waals surface area contributed by atoms with Crippen LogP contribution in [0.25, 0.3) is 0 Å². The molecule has 0 aromatic heterocycles. The fourth-order valence-electron chi connectivity index (χ4n) is 2.21. The topological polar surface area (TPSA) is 32.3 Å². The molecule has 2 nitrogen and oxygen atoms in total. The molecule has 0 saturated heterocycles. The van der Waals surface area contributed by atoms with Crippen LogP contribution in [0.4, 0.5) is 0 Å². The standard InChI is InChI=1S/C10H21NO/c1-2-9-5-3-4-6-10(9)11-7-8-12/h9-12H,2-8H2,1H3/t9-,10-/m0/s1. The van der Waals surface area contributed by atoms with Crippen LogP contribution in [0.1, 0.15) is 39.0 Å². The minimum Gasteiger partial charge on any atom is -0.395 e. The Hall–Kier alpha value is -0.0800. The van der Waals surface area contributed by atoms with Crippen LogP contribution in [0.15, 0.2) is 0 Å². The average molecular weight is 171 g/mol. The van der Waals surface area contributed by atoms with Gasteiger partial charge in [0, 0.05) is 12.6 Å². The zero-order valence-corrected chi connectivity index (χ0v) is 8.05. The van der Waals surface area contributed by atoms with Crippen molar-refractivity contribution in [3.63, 3.8) is 0 Å². The second-order valence-corrected chi connectivity index (χ2v) is 3.74. The Morgan fingerprint density at radius 2 is 2.08 bits per heavy atom. The first-order chi connectivity index (χ1) is 5.88. The van der Waals surface area contributed by atoms with E-state index in [1.54, 1.807) is 0 Å². The van der Waals surface area contributed by atoms with E-state index in [1.165, 1.54) is 32.1 Å². The monoisotopic (exact) mass is 171 g/mol. The number of hydrogen-bond donors (Lipinski definition) is 2. The zero-order chi connectivity index (χ0) is 8.81. The van der Waals surface area contributed by atoms with Crippen molar-refractivity contribution in [1.82, 2.24) is 5.32 Å². The number of nitrogens with one attached hydrogen (secondary N) is 1. The molecule has 0 heterocycles. The van der Waals surface area contributed by atoms with Crippen LogP contribution in [0.5, 0.6) is 0 Å². The summed E-state index contributed by atoms with van der Waals surface area (Å²) >= 11 is 0. The van der Waals surface area contributed by atoms with Crippen LogP contribution in [0.3, 0.4) is 0 Å². The normalized spacial score (nSPS) is 30.5. The molecule has 2 N–H and O–H groups in total. The van der Waals surface area contributed by atoms with Crippen molar-refractivity contribution in [2.24, 2.45) is 5.92 Å². The summed E-state index contributed by atoms with van der Waals surface area (Å²) < 4.78 is 0. The van der Waals surface area contributed by atoms with Crippen molar-refractivity contribution in [3.05, 3.63) is 0 Å². The van der Waals surface area contributed by atoms with Gasteiger partial charge in [0.1, 0.15) is 0 Å². The van der Waals surface area contributed by atoms with Crippen molar-refractivity contribution < 1.29 is 5.11 Å². The first-order valence-corrected chi connectivity index (χ1v) is 5.22. The predicted octanol–water partition coefficient (Wildman–Crippen LogP) is 1.54. The first-order valence-electron chi connectivity index (χ1n) is 5.22. The van der Waals surface area contributed by atoms with Gasteiger partial charge >= 0.3 is 0 Å². The maximum absolute atomic E-state index is 8.69. The Morgan fingerprint density at radius 1 is 1.33 bits per heavy atom. The number of hydrogen-bond acceptors (Lipinski definition) is 2. The third-order valence-electron chi connectivity index (χ3n) is 2.95. The van der Waals surface area contributed by atoms with E-state index >= 15 is 0 Å². The summed E-state index contributed by atoms with van der Waals surface area (Å²) in [4.78, 5) is 0. The van der Waals surface area contributed by atoms with E-state index in [-0.39, 0.29) is 6.61 Å². The SMILES string of the molecule is CC[C@H]1CCCC[C@@H]1NCCO. The van der Waals surface area contributed by atoms with E-state index in [9.17, 15) is 0 Å². The molecule has 2 heteroatoms. The van der Waals surface area contributed by atoms with Gasteiger partial charge in [0.05, 0.1) is 6.61 Å². The van der Waals surface area contributed by atoms with Gasteiger partial charge < -0.3 is 10.4 Å². The van der Waals surface area contributed by atoms with Crippen molar-refractivity contribution in [1.29, 1.82) is 0 Å². The molecule has 0 bridgehead atoms. The molecule has 0 aromatic rings. The lowest BCUT2D eigenvalue weighted by Crippen LogP contribution is -2.39. The fraction of sp³-hybridized carbons (Fsp3) is 1.00. The summed E-state index contributed by atoms with van der Waals surface area (Å²) in [6.45, 7) is 3.30. The molecule has 1 fully saturated rings. The quantitative estimate of drug-likeness (QED) is 0.672. The Morgan fingerprint density at radius 3 is 2.75 bits per heavy atom. The highest BCUT2D eigenvalue weighted by Crippen LogP contribution is 2.26. The van der Waals surface area contributed by atoms with Crippen LogP contribution in [-0.4, -0.2) is 24.3 Å². The summed E-state index contributed by atoms with van der Waals surface area (Å²) in [5.41, 5.74) is 0. The van der Waals surface area contributed by atoms with Crippen molar-refractivity contribution >= 4 is 0 Å². The van der Waals surface area contributed by atoms with Crippen LogP contribution < -0.4 is 5.32 Å². The smallest absolute Gasteiger partial charge is 0.0556 e. The van der Waals surface area contributed by atoms with Gasteiger partial charge in [0.25, 0.3) is 0 Å². The summed E-state index contributed by atoms with van der Waals surface area (Å²) in [5.74, 6) is 0.852. The molecular weight excluding hydrogens is 150 g/mol. The summed E-state index contributed by atoms with van der Waals surface area (Å²) in [5, 5.41) is 12.1. The van der Waals surface area contributed by atoms with Crippen LogP contribution in [-0.2, 0) is 0 Å². The van der Waals surface area contributed by atoms with Gasteiger partial charge in [-0.05, 0) is 18.8 Å². The molecule has 1 rings (SSSR count). The molecule has 0 aromatic carbocycles. The molecule has 0 unspecified atom stereocenters. The lowest BCUT2D eigenvalue weighted by atomic mass is 9.83. The molecule has 0 amide bonds. The second-order valence-electron chi connectivity index (χ2n) is 3.74. The van der Waals surface area contributed by atoms with Gasteiger partial charge in [0.2, 0.25) is 0 Å². The number of aliphatic hydroxyl groups is 1. The molecule has 1 aliphatic rings. The molecule has 0 radical (unpaired) electrons. The Balaban J connectivity index is 2.26. The number of aliphatic hydroxyl groups excluding tert-OH is 1. The molecule has 1 saturated carbocycles. The number of rotatable bonds is 4. The average Bonchev–Trinajstić information content (AvgIpc) is 2.15. The largest absolute Gasteiger partial charge is 0.395 e. The summed E-state index contributed by atoms with van der Waals surface area (Å²) in [7, 11) is 0. The van der Waals surface area contributed by atoms with Gasteiger partial charge in [-0.15, -0.1) is 0 Å². The van der Waals surface area contributed by atoms with E-state index in [0.29, 0.717) is 6.04 Å². The van der Waals surface area contributed by atoms with E-state index < -0.39 is 0 Å². The van der Waals surface area contributed by atoms with Gasteiger partial charge in [-0.1, -0.05) is 26.2 Å². The molecule has 72 valence electrons. The second kappa shape index (κ2) is 5.55. The third-order valence-corrected chi connectivity index (χ3v) is 2.95. The van der Waals surface area contributed by atoms with Gasteiger partial charge in [-0.2, -0.15) is 0 Å². The summed E-state index contributed by atoms with van der Waals surface area (Å²) in [6, 6.07) is 0.677. The molecule has 2 atom stereocenters. The van der Waals surface area contributed by atoms with Crippen molar-refractivity contribution in [3.8, 4) is 0 Å². The Labute approximate surface area is 75.4 Å². The Bertz CT molecular complexity index is 116. The maximum atomic E-state index is 8.69. The molecule has 0 spiro atoms. The maximum Gasteiger partial charge on any atom is 0.0556 e. The van der Waals surface area contributed by atoms with Gasteiger partial charge in [-0.3, -0.25) is 0 Å².